The summed E-state index contributed by atoms with van der Waals surface area (Å²) in [7, 11) is -1.12. The predicted molar refractivity (Wildman–Crippen MR) is 73.3 cm³/mol. The average molecular weight is 267 g/mol. The second kappa shape index (κ2) is 5.41. The first-order valence-corrected chi connectivity index (χ1v) is 8.37. The summed E-state index contributed by atoms with van der Waals surface area (Å²) in [6.07, 6.45) is 6.41. The van der Waals surface area contributed by atoms with Gasteiger partial charge in [0.25, 0.3) is 0 Å². The van der Waals surface area contributed by atoms with E-state index in [0.717, 1.165) is 12.3 Å². The van der Waals surface area contributed by atoms with Crippen LogP contribution in [0.2, 0.25) is 0 Å². The fourth-order valence-electron chi connectivity index (χ4n) is 2.43. The SMILES string of the molecule is CNC(CC1CCC1)c1ccc(S(C)(=O)=O)cc1. The minimum Gasteiger partial charge on any atom is -0.313 e. The van der Waals surface area contributed by atoms with Crippen molar-refractivity contribution in [3.63, 3.8) is 0 Å². The Balaban J connectivity index is 2.11. The summed E-state index contributed by atoms with van der Waals surface area (Å²) in [5, 5.41) is 3.33. The van der Waals surface area contributed by atoms with Crippen molar-refractivity contribution in [2.24, 2.45) is 5.92 Å². The maximum atomic E-state index is 11.4. The van der Waals surface area contributed by atoms with Crippen LogP contribution in [0.15, 0.2) is 29.2 Å². The van der Waals surface area contributed by atoms with Gasteiger partial charge in [-0.1, -0.05) is 31.4 Å². The monoisotopic (exact) mass is 267 g/mol. The molecule has 1 aliphatic rings. The van der Waals surface area contributed by atoms with Gasteiger partial charge in [-0.2, -0.15) is 0 Å². The van der Waals surface area contributed by atoms with Gasteiger partial charge in [-0.15, -0.1) is 0 Å². The van der Waals surface area contributed by atoms with Crippen molar-refractivity contribution >= 4 is 9.84 Å². The van der Waals surface area contributed by atoms with Crippen LogP contribution in [0.25, 0.3) is 0 Å². The molecule has 18 heavy (non-hydrogen) atoms. The Morgan fingerprint density at radius 3 is 2.28 bits per heavy atom. The number of benzene rings is 1. The van der Waals surface area contributed by atoms with E-state index in [0.29, 0.717) is 10.9 Å². The minimum atomic E-state index is -3.09. The summed E-state index contributed by atoms with van der Waals surface area (Å²) in [6.45, 7) is 0. The van der Waals surface area contributed by atoms with Crippen molar-refractivity contribution in [3.8, 4) is 0 Å². The lowest BCUT2D eigenvalue weighted by molar-refractivity contribution is 0.265. The molecule has 1 unspecified atom stereocenters. The van der Waals surface area contributed by atoms with Crippen LogP contribution in [0.4, 0.5) is 0 Å². The average Bonchev–Trinajstić information content (AvgIpc) is 2.27. The van der Waals surface area contributed by atoms with Crippen molar-refractivity contribution in [2.45, 2.75) is 36.6 Å². The Morgan fingerprint density at radius 1 is 1.28 bits per heavy atom. The molecule has 0 heterocycles. The van der Waals surface area contributed by atoms with Crippen LogP contribution in [0.1, 0.15) is 37.3 Å². The molecule has 1 fully saturated rings. The molecule has 0 aromatic heterocycles. The van der Waals surface area contributed by atoms with Gasteiger partial charge in [0.1, 0.15) is 0 Å². The number of sulfone groups is 1. The number of rotatable bonds is 5. The fraction of sp³-hybridized carbons (Fsp3) is 0.571. The Hall–Kier alpha value is -0.870. The maximum Gasteiger partial charge on any atom is 0.175 e. The molecule has 0 radical (unpaired) electrons. The third-order valence-corrected chi connectivity index (χ3v) is 4.98. The van der Waals surface area contributed by atoms with Crippen LogP contribution in [-0.2, 0) is 9.84 Å². The third-order valence-electron chi connectivity index (χ3n) is 3.85. The Morgan fingerprint density at radius 2 is 1.89 bits per heavy atom. The molecule has 0 spiro atoms. The maximum absolute atomic E-state index is 11.4. The van der Waals surface area contributed by atoms with Crippen LogP contribution in [0, 0.1) is 5.92 Å². The highest BCUT2D eigenvalue weighted by Gasteiger charge is 2.22. The zero-order valence-electron chi connectivity index (χ0n) is 11.0. The van der Waals surface area contributed by atoms with Crippen molar-refractivity contribution in [1.82, 2.24) is 5.32 Å². The second-order valence-corrected chi connectivity index (χ2v) is 7.23. The van der Waals surface area contributed by atoms with E-state index in [2.05, 4.69) is 5.32 Å². The van der Waals surface area contributed by atoms with E-state index in [4.69, 9.17) is 0 Å². The summed E-state index contributed by atoms with van der Waals surface area (Å²) in [5.74, 6) is 0.831. The standard InChI is InChI=1S/C14H21NO2S/c1-15-14(10-11-4-3-5-11)12-6-8-13(9-7-12)18(2,16)17/h6-9,11,14-15H,3-5,10H2,1-2H3. The molecule has 1 N–H and O–H groups in total. The van der Waals surface area contributed by atoms with Crippen LogP contribution in [0.5, 0.6) is 0 Å². The van der Waals surface area contributed by atoms with Crippen LogP contribution in [0.3, 0.4) is 0 Å². The quantitative estimate of drug-likeness (QED) is 0.891. The third kappa shape index (κ3) is 3.12. The van der Waals surface area contributed by atoms with E-state index in [1.807, 2.05) is 19.2 Å². The molecular formula is C14H21NO2S. The molecule has 0 aliphatic heterocycles. The number of nitrogens with one attached hydrogen (secondary N) is 1. The van der Waals surface area contributed by atoms with Gasteiger partial charge in [0.15, 0.2) is 9.84 Å². The Labute approximate surface area is 110 Å². The molecule has 3 nitrogen and oxygen atoms in total. The van der Waals surface area contributed by atoms with Gasteiger partial charge in [-0.05, 0) is 37.1 Å². The minimum absolute atomic E-state index is 0.337. The predicted octanol–water partition coefficient (Wildman–Crippen LogP) is 2.54. The molecule has 1 saturated carbocycles. The summed E-state index contributed by atoms with van der Waals surface area (Å²) in [4.78, 5) is 0.393. The van der Waals surface area contributed by atoms with Crippen molar-refractivity contribution in [2.75, 3.05) is 13.3 Å². The van der Waals surface area contributed by atoms with Gasteiger partial charge in [-0.25, -0.2) is 8.42 Å². The highest BCUT2D eigenvalue weighted by Crippen LogP contribution is 2.34. The van der Waals surface area contributed by atoms with Gasteiger partial charge in [0.05, 0.1) is 4.90 Å². The molecule has 2 rings (SSSR count). The summed E-state index contributed by atoms with van der Waals surface area (Å²) < 4.78 is 22.8. The Kier molecular flexibility index (Phi) is 4.07. The molecule has 1 aromatic carbocycles. The van der Waals surface area contributed by atoms with Crippen LogP contribution in [-0.4, -0.2) is 21.7 Å². The van der Waals surface area contributed by atoms with Gasteiger partial charge < -0.3 is 5.32 Å². The van der Waals surface area contributed by atoms with Crippen molar-refractivity contribution in [3.05, 3.63) is 29.8 Å². The zero-order chi connectivity index (χ0) is 13.2. The molecule has 1 aliphatic carbocycles. The smallest absolute Gasteiger partial charge is 0.175 e. The number of hydrogen-bond acceptors (Lipinski definition) is 3. The van der Waals surface area contributed by atoms with Gasteiger partial charge in [-0.3, -0.25) is 0 Å². The van der Waals surface area contributed by atoms with E-state index >= 15 is 0 Å². The van der Waals surface area contributed by atoms with Crippen LogP contribution < -0.4 is 5.32 Å². The first kappa shape index (κ1) is 13.6. The van der Waals surface area contributed by atoms with E-state index in [1.54, 1.807) is 12.1 Å². The largest absolute Gasteiger partial charge is 0.313 e. The lowest BCUT2D eigenvalue weighted by Gasteiger charge is -2.29. The normalized spacial score (nSPS) is 18.3. The summed E-state index contributed by atoms with van der Waals surface area (Å²) in [6, 6.07) is 7.60. The Bertz CT molecular complexity index is 489. The molecule has 0 bridgehead atoms. The van der Waals surface area contributed by atoms with Gasteiger partial charge >= 0.3 is 0 Å². The molecular weight excluding hydrogens is 246 g/mol. The first-order chi connectivity index (χ1) is 8.50. The van der Waals surface area contributed by atoms with E-state index in [9.17, 15) is 8.42 Å². The molecule has 1 aromatic rings. The zero-order valence-corrected chi connectivity index (χ0v) is 11.8. The number of hydrogen-bond donors (Lipinski definition) is 1. The van der Waals surface area contributed by atoms with E-state index < -0.39 is 9.84 Å². The molecule has 0 amide bonds. The molecule has 100 valence electrons. The van der Waals surface area contributed by atoms with Gasteiger partial charge in [0.2, 0.25) is 0 Å². The van der Waals surface area contributed by atoms with Crippen molar-refractivity contribution < 1.29 is 8.42 Å². The fourth-order valence-corrected chi connectivity index (χ4v) is 3.06. The van der Waals surface area contributed by atoms with Gasteiger partial charge in [0, 0.05) is 12.3 Å². The molecule has 1 atom stereocenters. The highest BCUT2D eigenvalue weighted by molar-refractivity contribution is 7.90. The topological polar surface area (TPSA) is 46.2 Å². The van der Waals surface area contributed by atoms with Crippen molar-refractivity contribution in [1.29, 1.82) is 0 Å². The molecule has 4 heteroatoms. The molecule has 0 saturated heterocycles. The lowest BCUT2D eigenvalue weighted by atomic mass is 9.79. The van der Waals surface area contributed by atoms with E-state index in [-0.39, 0.29) is 0 Å². The lowest BCUT2D eigenvalue weighted by Crippen LogP contribution is -2.23. The first-order valence-electron chi connectivity index (χ1n) is 6.48. The summed E-state index contributed by atoms with van der Waals surface area (Å²) >= 11 is 0. The van der Waals surface area contributed by atoms with Crippen LogP contribution >= 0.6 is 0 Å². The van der Waals surface area contributed by atoms with E-state index in [1.165, 1.54) is 31.1 Å². The summed E-state index contributed by atoms with van der Waals surface area (Å²) in [5.41, 5.74) is 1.18. The highest BCUT2D eigenvalue weighted by atomic mass is 32.2. The second-order valence-electron chi connectivity index (χ2n) is 5.22.